The van der Waals surface area contributed by atoms with Crippen molar-refractivity contribution in [1.29, 1.82) is 0 Å². The average Bonchev–Trinajstić information content (AvgIpc) is 3.26. The van der Waals surface area contributed by atoms with Crippen molar-refractivity contribution in [2.45, 2.75) is 15.0 Å². The van der Waals surface area contributed by atoms with Gasteiger partial charge < -0.3 is 5.32 Å². The van der Waals surface area contributed by atoms with Crippen LogP contribution in [0.15, 0.2) is 51.0 Å². The van der Waals surface area contributed by atoms with Gasteiger partial charge in [0.2, 0.25) is 5.13 Å². The van der Waals surface area contributed by atoms with Gasteiger partial charge in [0.15, 0.2) is 10.1 Å². The molecule has 0 saturated carbocycles. The molecule has 0 spiro atoms. The molecular formula is C15H11F2N3OS4. The van der Waals surface area contributed by atoms with Crippen molar-refractivity contribution in [2.24, 2.45) is 0 Å². The quantitative estimate of drug-likeness (QED) is 0.380. The zero-order chi connectivity index (χ0) is 17.6. The predicted octanol–water partition coefficient (Wildman–Crippen LogP) is 5.63. The second-order valence-corrected chi connectivity index (χ2v) is 8.80. The van der Waals surface area contributed by atoms with Crippen molar-refractivity contribution in [3.8, 4) is 0 Å². The first kappa shape index (κ1) is 18.3. The predicted molar refractivity (Wildman–Crippen MR) is 101 cm³/mol. The van der Waals surface area contributed by atoms with Crippen LogP contribution in [0.3, 0.4) is 0 Å². The summed E-state index contributed by atoms with van der Waals surface area (Å²) in [5.74, 6) is -2.05. The van der Waals surface area contributed by atoms with Gasteiger partial charge in [0.1, 0.15) is 0 Å². The van der Waals surface area contributed by atoms with Crippen molar-refractivity contribution in [2.75, 3.05) is 11.1 Å². The number of benzene rings is 1. The molecule has 10 heteroatoms. The normalized spacial score (nSPS) is 11.0. The Hall–Kier alpha value is -1.49. The van der Waals surface area contributed by atoms with E-state index in [1.807, 2.05) is 11.4 Å². The Labute approximate surface area is 159 Å². The number of carbonyl (C=O) groups excluding carboxylic acids is 1. The number of rotatable bonds is 8. The summed E-state index contributed by atoms with van der Waals surface area (Å²) in [6.45, 7) is 0. The monoisotopic (exact) mass is 415 g/mol. The lowest BCUT2D eigenvalue weighted by atomic mass is 10.3. The van der Waals surface area contributed by atoms with E-state index in [1.54, 1.807) is 30.3 Å². The minimum Gasteiger partial charge on any atom is -0.330 e. The van der Waals surface area contributed by atoms with Gasteiger partial charge in [-0.1, -0.05) is 40.9 Å². The van der Waals surface area contributed by atoms with Gasteiger partial charge in [-0.2, -0.15) is 8.78 Å². The largest absolute Gasteiger partial charge is 0.330 e. The SMILES string of the molecule is O=C(CSc1nnc(Nc2ccc(SC(F)F)cc2)s1)c1cccs1. The van der Waals surface area contributed by atoms with Gasteiger partial charge in [0.25, 0.3) is 5.76 Å². The summed E-state index contributed by atoms with van der Waals surface area (Å²) in [5.41, 5.74) is 0.737. The van der Waals surface area contributed by atoms with E-state index in [1.165, 1.54) is 34.4 Å². The number of Topliss-reactive ketones (excluding diaryl/α,β-unsaturated/α-hetero) is 1. The van der Waals surface area contributed by atoms with E-state index in [9.17, 15) is 13.6 Å². The fraction of sp³-hybridized carbons (Fsp3) is 0.133. The van der Waals surface area contributed by atoms with Gasteiger partial charge in [0.05, 0.1) is 10.6 Å². The van der Waals surface area contributed by atoms with Gasteiger partial charge in [-0.25, -0.2) is 0 Å². The van der Waals surface area contributed by atoms with E-state index in [-0.39, 0.29) is 5.78 Å². The summed E-state index contributed by atoms with van der Waals surface area (Å²) in [7, 11) is 0. The van der Waals surface area contributed by atoms with Gasteiger partial charge in [-0.15, -0.1) is 21.5 Å². The number of thioether (sulfide) groups is 2. The Bertz CT molecular complexity index is 822. The lowest BCUT2D eigenvalue weighted by Crippen LogP contribution is -1.98. The zero-order valence-corrected chi connectivity index (χ0v) is 15.8. The highest BCUT2D eigenvalue weighted by atomic mass is 32.2. The van der Waals surface area contributed by atoms with Crippen LogP contribution in [0.1, 0.15) is 9.67 Å². The van der Waals surface area contributed by atoms with Crippen LogP contribution < -0.4 is 5.32 Å². The van der Waals surface area contributed by atoms with Crippen molar-refractivity contribution in [3.05, 3.63) is 46.7 Å². The first-order valence-corrected chi connectivity index (χ1v) is 10.5. The zero-order valence-electron chi connectivity index (χ0n) is 12.5. The van der Waals surface area contributed by atoms with E-state index < -0.39 is 5.76 Å². The molecule has 2 heterocycles. The number of nitrogens with zero attached hydrogens (tertiary/aromatic N) is 2. The van der Waals surface area contributed by atoms with Crippen LogP contribution in [0.4, 0.5) is 19.6 Å². The summed E-state index contributed by atoms with van der Waals surface area (Å²) in [4.78, 5) is 13.2. The van der Waals surface area contributed by atoms with Gasteiger partial charge in [0, 0.05) is 10.6 Å². The Morgan fingerprint density at radius 2 is 2.00 bits per heavy atom. The lowest BCUT2D eigenvalue weighted by molar-refractivity contribution is 0.102. The van der Waals surface area contributed by atoms with E-state index in [0.29, 0.717) is 31.9 Å². The number of halogens is 2. The fourth-order valence-electron chi connectivity index (χ4n) is 1.80. The molecule has 0 radical (unpaired) electrons. The highest BCUT2D eigenvalue weighted by Gasteiger charge is 2.11. The Morgan fingerprint density at radius 1 is 1.20 bits per heavy atom. The summed E-state index contributed by atoms with van der Waals surface area (Å²) >= 11 is 4.61. The summed E-state index contributed by atoms with van der Waals surface area (Å²) in [6, 6.07) is 10.3. The number of anilines is 2. The van der Waals surface area contributed by atoms with Crippen LogP contribution in [0.2, 0.25) is 0 Å². The molecule has 1 aromatic carbocycles. The molecule has 0 bridgehead atoms. The molecule has 0 aliphatic rings. The van der Waals surface area contributed by atoms with E-state index >= 15 is 0 Å². The molecule has 0 saturated heterocycles. The summed E-state index contributed by atoms with van der Waals surface area (Å²) < 4.78 is 25.3. The number of aromatic nitrogens is 2. The van der Waals surface area contributed by atoms with Crippen molar-refractivity contribution in [1.82, 2.24) is 10.2 Å². The number of hydrogen-bond donors (Lipinski definition) is 1. The molecule has 3 aromatic rings. The van der Waals surface area contributed by atoms with Crippen LogP contribution in [0.5, 0.6) is 0 Å². The molecule has 0 unspecified atom stereocenters. The third-order valence-corrected chi connectivity index (χ3v) is 6.47. The lowest BCUT2D eigenvalue weighted by Gasteiger charge is -2.03. The molecular weight excluding hydrogens is 404 g/mol. The number of nitrogens with one attached hydrogen (secondary N) is 1. The third kappa shape index (κ3) is 5.50. The maximum absolute atomic E-state index is 12.3. The van der Waals surface area contributed by atoms with E-state index in [0.717, 1.165) is 10.6 Å². The molecule has 2 aromatic heterocycles. The van der Waals surface area contributed by atoms with Crippen LogP contribution in [-0.4, -0.2) is 27.5 Å². The van der Waals surface area contributed by atoms with Gasteiger partial charge >= 0.3 is 0 Å². The summed E-state index contributed by atoms with van der Waals surface area (Å²) in [5, 5.41) is 13.6. The molecule has 3 rings (SSSR count). The van der Waals surface area contributed by atoms with Crippen molar-refractivity contribution in [3.63, 3.8) is 0 Å². The second-order valence-electron chi connectivity index (χ2n) is 4.59. The fourth-order valence-corrected chi connectivity index (χ4v) is 4.71. The Morgan fingerprint density at radius 3 is 2.68 bits per heavy atom. The third-order valence-electron chi connectivity index (χ3n) is 2.86. The van der Waals surface area contributed by atoms with Crippen LogP contribution in [0, 0.1) is 0 Å². The first-order valence-electron chi connectivity index (χ1n) is 6.95. The Balaban J connectivity index is 1.53. The molecule has 0 amide bonds. The standard InChI is InChI=1S/C15H11F2N3OS4/c16-13(17)24-10-5-3-9(4-6-10)18-14-19-20-15(25-14)23-8-11(21)12-2-1-7-22-12/h1-7,13H,8H2,(H,18,19). The summed E-state index contributed by atoms with van der Waals surface area (Å²) in [6.07, 6.45) is 0. The highest BCUT2D eigenvalue weighted by Crippen LogP contribution is 2.30. The highest BCUT2D eigenvalue weighted by molar-refractivity contribution is 8.01. The smallest absolute Gasteiger partial charge is 0.288 e. The number of hydrogen-bond acceptors (Lipinski definition) is 8. The molecule has 130 valence electrons. The maximum atomic E-state index is 12.3. The molecule has 1 N–H and O–H groups in total. The molecule has 0 fully saturated rings. The number of alkyl halides is 2. The Kier molecular flexibility index (Phi) is 6.40. The minimum absolute atomic E-state index is 0.0665. The molecule has 25 heavy (non-hydrogen) atoms. The van der Waals surface area contributed by atoms with Crippen LogP contribution in [-0.2, 0) is 0 Å². The van der Waals surface area contributed by atoms with Gasteiger partial charge in [-0.05, 0) is 35.7 Å². The van der Waals surface area contributed by atoms with Crippen molar-refractivity contribution >= 4 is 62.8 Å². The minimum atomic E-state index is -2.43. The second kappa shape index (κ2) is 8.75. The number of ketones is 1. The number of thiophene rings is 1. The van der Waals surface area contributed by atoms with Crippen molar-refractivity contribution < 1.29 is 13.6 Å². The first-order chi connectivity index (χ1) is 12.1. The van der Waals surface area contributed by atoms with Crippen LogP contribution in [0.25, 0.3) is 0 Å². The van der Waals surface area contributed by atoms with E-state index in [2.05, 4.69) is 15.5 Å². The molecule has 0 atom stereocenters. The molecule has 0 aliphatic carbocycles. The maximum Gasteiger partial charge on any atom is 0.288 e. The molecule has 4 nitrogen and oxygen atoms in total. The topological polar surface area (TPSA) is 54.9 Å². The van der Waals surface area contributed by atoms with Crippen LogP contribution >= 0.6 is 46.2 Å². The molecule has 0 aliphatic heterocycles. The van der Waals surface area contributed by atoms with Gasteiger partial charge in [-0.3, -0.25) is 4.79 Å². The number of carbonyl (C=O) groups is 1. The average molecular weight is 416 g/mol. The van der Waals surface area contributed by atoms with E-state index in [4.69, 9.17) is 0 Å².